The van der Waals surface area contributed by atoms with Gasteiger partial charge < -0.3 is 10.6 Å². The zero-order valence-electron chi connectivity index (χ0n) is 13.2. The zero-order valence-corrected chi connectivity index (χ0v) is 13.2. The molecular weight excluding hydrogens is 291 g/mol. The van der Waals surface area contributed by atoms with Crippen LogP contribution in [0.2, 0.25) is 0 Å². The van der Waals surface area contributed by atoms with E-state index in [0.717, 1.165) is 6.42 Å². The van der Waals surface area contributed by atoms with Gasteiger partial charge in [-0.3, -0.25) is 4.79 Å². The molecule has 2 aromatic carbocycles. The molecule has 0 aromatic heterocycles. The summed E-state index contributed by atoms with van der Waals surface area (Å²) in [6.45, 7) is 3.25. The lowest BCUT2D eigenvalue weighted by Crippen LogP contribution is -2.48. The minimum absolute atomic E-state index is 0.0429. The van der Waals surface area contributed by atoms with Crippen LogP contribution < -0.4 is 5.73 Å². The number of benzene rings is 2. The van der Waals surface area contributed by atoms with Gasteiger partial charge in [0.1, 0.15) is 5.82 Å². The fraction of sp³-hybridized carbons (Fsp3) is 0.316. The van der Waals surface area contributed by atoms with E-state index in [4.69, 9.17) is 5.73 Å². The maximum Gasteiger partial charge on any atom is 0.253 e. The maximum atomic E-state index is 13.0. The van der Waals surface area contributed by atoms with Gasteiger partial charge in [0, 0.05) is 30.6 Å². The van der Waals surface area contributed by atoms with Gasteiger partial charge >= 0.3 is 0 Å². The van der Waals surface area contributed by atoms with E-state index >= 15 is 0 Å². The predicted octanol–water partition coefficient (Wildman–Crippen LogP) is 3.09. The van der Waals surface area contributed by atoms with Crippen LogP contribution in [0.25, 0.3) is 0 Å². The lowest BCUT2D eigenvalue weighted by atomic mass is 9.87. The summed E-state index contributed by atoms with van der Waals surface area (Å²) in [5, 5.41) is 0. The van der Waals surface area contributed by atoms with Crippen molar-refractivity contribution in [3.05, 3.63) is 71.0 Å². The number of nitrogens with two attached hydrogens (primary N) is 1. The topological polar surface area (TPSA) is 46.3 Å². The first kappa shape index (κ1) is 15.7. The number of hydrogen-bond acceptors (Lipinski definition) is 2. The van der Waals surface area contributed by atoms with Crippen molar-refractivity contribution in [1.82, 2.24) is 4.90 Å². The Morgan fingerprint density at radius 3 is 2.61 bits per heavy atom. The second-order valence-corrected chi connectivity index (χ2v) is 6.32. The largest absolute Gasteiger partial charge is 0.336 e. The minimum atomic E-state index is -0.338. The van der Waals surface area contributed by atoms with Crippen LogP contribution in [0.1, 0.15) is 33.8 Å². The lowest BCUT2D eigenvalue weighted by molar-refractivity contribution is 0.0689. The van der Waals surface area contributed by atoms with E-state index in [2.05, 4.69) is 25.1 Å². The van der Waals surface area contributed by atoms with Crippen LogP contribution in [0.3, 0.4) is 0 Å². The quantitative estimate of drug-likeness (QED) is 0.926. The molecule has 3 rings (SSSR count). The average Bonchev–Trinajstić information content (AvgIpc) is 2.54. The zero-order chi connectivity index (χ0) is 16.4. The summed E-state index contributed by atoms with van der Waals surface area (Å²) in [6, 6.07) is 14.0. The summed E-state index contributed by atoms with van der Waals surface area (Å²) in [5.74, 6) is -0.185. The van der Waals surface area contributed by atoms with Gasteiger partial charge in [-0.1, -0.05) is 29.8 Å². The summed E-state index contributed by atoms with van der Waals surface area (Å²) < 4.78 is 13.0. The van der Waals surface area contributed by atoms with Crippen molar-refractivity contribution in [2.45, 2.75) is 25.3 Å². The molecule has 1 aliphatic heterocycles. The predicted molar refractivity (Wildman–Crippen MR) is 88.8 cm³/mol. The highest BCUT2D eigenvalue weighted by atomic mass is 19.1. The molecule has 0 aliphatic carbocycles. The third-order valence-electron chi connectivity index (χ3n) is 4.37. The van der Waals surface area contributed by atoms with Crippen LogP contribution in [-0.4, -0.2) is 29.9 Å². The molecule has 2 N–H and O–H groups in total. The number of halogens is 1. The molecule has 23 heavy (non-hydrogen) atoms. The van der Waals surface area contributed by atoms with Crippen LogP contribution in [0, 0.1) is 12.7 Å². The van der Waals surface area contributed by atoms with Crippen LogP contribution in [0.15, 0.2) is 48.5 Å². The van der Waals surface area contributed by atoms with Gasteiger partial charge in [0.05, 0.1) is 0 Å². The Hall–Kier alpha value is -2.20. The van der Waals surface area contributed by atoms with E-state index in [1.54, 1.807) is 4.90 Å². The lowest BCUT2D eigenvalue weighted by Gasteiger charge is -2.36. The molecule has 1 aliphatic rings. The van der Waals surface area contributed by atoms with Crippen molar-refractivity contribution >= 4 is 5.91 Å². The molecule has 4 heteroatoms. The maximum absolute atomic E-state index is 13.0. The Morgan fingerprint density at radius 2 is 1.91 bits per heavy atom. The molecule has 2 atom stereocenters. The fourth-order valence-corrected chi connectivity index (χ4v) is 3.24. The number of carbonyl (C=O) groups is 1. The third kappa shape index (κ3) is 3.59. The molecule has 0 spiro atoms. The number of hydrogen-bond donors (Lipinski definition) is 1. The SMILES string of the molecule is Cc1cccc(C2CC(N)CN(C(=O)c3ccc(F)cc3)C2)c1. The number of rotatable bonds is 2. The van der Waals surface area contributed by atoms with Gasteiger partial charge in [-0.05, 0) is 43.2 Å². The van der Waals surface area contributed by atoms with Crippen LogP contribution in [0.4, 0.5) is 4.39 Å². The van der Waals surface area contributed by atoms with Gasteiger partial charge in [-0.25, -0.2) is 4.39 Å². The highest BCUT2D eigenvalue weighted by Crippen LogP contribution is 2.28. The number of aryl methyl sites for hydroxylation is 1. The molecule has 1 amide bonds. The highest BCUT2D eigenvalue weighted by molar-refractivity contribution is 5.94. The molecule has 1 fully saturated rings. The molecular formula is C19H21FN2O. The standard InChI is InChI=1S/C19H21FN2O/c1-13-3-2-4-15(9-13)16-10-18(21)12-22(11-16)19(23)14-5-7-17(20)8-6-14/h2-9,16,18H,10-12,21H2,1H3. The first-order valence-corrected chi connectivity index (χ1v) is 7.90. The van der Waals surface area contributed by atoms with E-state index in [9.17, 15) is 9.18 Å². The van der Waals surface area contributed by atoms with Crippen LogP contribution >= 0.6 is 0 Å². The van der Waals surface area contributed by atoms with Gasteiger partial charge in [0.25, 0.3) is 5.91 Å². The monoisotopic (exact) mass is 312 g/mol. The van der Waals surface area contributed by atoms with Gasteiger partial charge in [0.15, 0.2) is 0 Å². The molecule has 0 bridgehead atoms. The van der Waals surface area contributed by atoms with E-state index < -0.39 is 0 Å². The third-order valence-corrected chi connectivity index (χ3v) is 4.37. The normalized spacial score (nSPS) is 21.3. The number of piperidine rings is 1. The number of nitrogens with zero attached hydrogens (tertiary/aromatic N) is 1. The summed E-state index contributed by atoms with van der Waals surface area (Å²) in [6.07, 6.45) is 0.872. The Labute approximate surface area is 135 Å². The molecule has 2 unspecified atom stereocenters. The van der Waals surface area contributed by atoms with E-state index in [1.165, 1.54) is 35.4 Å². The average molecular weight is 312 g/mol. The second-order valence-electron chi connectivity index (χ2n) is 6.32. The fourth-order valence-electron chi connectivity index (χ4n) is 3.24. The Bertz CT molecular complexity index is 699. The van der Waals surface area contributed by atoms with Crippen molar-refractivity contribution in [2.75, 3.05) is 13.1 Å². The van der Waals surface area contributed by atoms with E-state index in [0.29, 0.717) is 18.7 Å². The van der Waals surface area contributed by atoms with Crippen molar-refractivity contribution in [3.8, 4) is 0 Å². The molecule has 1 saturated heterocycles. The van der Waals surface area contributed by atoms with Crippen molar-refractivity contribution in [2.24, 2.45) is 5.73 Å². The van der Waals surface area contributed by atoms with Crippen LogP contribution in [0.5, 0.6) is 0 Å². The van der Waals surface area contributed by atoms with Crippen LogP contribution in [-0.2, 0) is 0 Å². The Balaban J connectivity index is 1.80. The number of amides is 1. The van der Waals surface area contributed by atoms with Crippen molar-refractivity contribution in [3.63, 3.8) is 0 Å². The van der Waals surface area contributed by atoms with E-state index in [-0.39, 0.29) is 23.7 Å². The smallest absolute Gasteiger partial charge is 0.253 e. The number of carbonyl (C=O) groups excluding carboxylic acids is 1. The minimum Gasteiger partial charge on any atom is -0.336 e. The molecule has 120 valence electrons. The molecule has 0 radical (unpaired) electrons. The highest BCUT2D eigenvalue weighted by Gasteiger charge is 2.29. The second kappa shape index (κ2) is 6.50. The van der Waals surface area contributed by atoms with Crippen molar-refractivity contribution < 1.29 is 9.18 Å². The molecule has 3 nitrogen and oxygen atoms in total. The Kier molecular flexibility index (Phi) is 4.44. The summed E-state index contributed by atoms with van der Waals surface area (Å²) in [4.78, 5) is 14.4. The summed E-state index contributed by atoms with van der Waals surface area (Å²) in [7, 11) is 0. The summed E-state index contributed by atoms with van der Waals surface area (Å²) in [5.41, 5.74) is 9.11. The molecule has 0 saturated carbocycles. The first-order chi connectivity index (χ1) is 11.0. The molecule has 2 aromatic rings. The van der Waals surface area contributed by atoms with E-state index in [1.807, 2.05) is 6.07 Å². The molecule has 1 heterocycles. The summed E-state index contributed by atoms with van der Waals surface area (Å²) >= 11 is 0. The Morgan fingerprint density at radius 1 is 1.17 bits per heavy atom. The first-order valence-electron chi connectivity index (χ1n) is 7.90. The van der Waals surface area contributed by atoms with Gasteiger partial charge in [0.2, 0.25) is 0 Å². The van der Waals surface area contributed by atoms with Gasteiger partial charge in [-0.15, -0.1) is 0 Å². The van der Waals surface area contributed by atoms with Crippen molar-refractivity contribution in [1.29, 1.82) is 0 Å². The number of likely N-dealkylation sites (tertiary alicyclic amines) is 1. The van der Waals surface area contributed by atoms with Gasteiger partial charge in [-0.2, -0.15) is 0 Å².